The highest BCUT2D eigenvalue weighted by molar-refractivity contribution is 9.10. The summed E-state index contributed by atoms with van der Waals surface area (Å²) >= 11 is 3.42. The molecule has 0 aliphatic carbocycles. The van der Waals surface area contributed by atoms with Crippen LogP contribution in [0.1, 0.15) is 12.8 Å². The van der Waals surface area contributed by atoms with Crippen LogP contribution in [0.2, 0.25) is 0 Å². The summed E-state index contributed by atoms with van der Waals surface area (Å²) < 4.78 is 18.5. The minimum atomic E-state index is 0.133. The molecular formula is C18H26BrN3O3. The Labute approximate surface area is 157 Å². The zero-order valence-corrected chi connectivity index (χ0v) is 16.2. The second-order valence-corrected chi connectivity index (χ2v) is 7.10. The third kappa shape index (κ3) is 5.33. The molecule has 0 aromatic heterocycles. The summed E-state index contributed by atoms with van der Waals surface area (Å²) in [6, 6.07) is 7.85. The second-order valence-electron chi connectivity index (χ2n) is 6.18. The quantitative estimate of drug-likeness (QED) is 0.457. The number of ether oxygens (including phenoxy) is 3. The van der Waals surface area contributed by atoms with Crippen molar-refractivity contribution >= 4 is 21.9 Å². The van der Waals surface area contributed by atoms with E-state index in [0.29, 0.717) is 19.8 Å². The molecule has 1 N–H and O–H groups in total. The molecule has 1 aromatic rings. The van der Waals surface area contributed by atoms with Gasteiger partial charge in [0, 0.05) is 31.2 Å². The van der Waals surface area contributed by atoms with Crippen molar-refractivity contribution in [3.8, 4) is 5.75 Å². The first-order valence-electron chi connectivity index (χ1n) is 8.83. The molecule has 1 aromatic carbocycles. The minimum absolute atomic E-state index is 0.133. The maximum absolute atomic E-state index is 5.90. The van der Waals surface area contributed by atoms with Gasteiger partial charge in [-0.15, -0.1) is 0 Å². The number of rotatable bonds is 5. The maximum Gasteiger partial charge on any atom is 0.193 e. The van der Waals surface area contributed by atoms with E-state index in [-0.39, 0.29) is 12.2 Å². The molecule has 6 nitrogen and oxygen atoms in total. The number of morpholine rings is 1. The first-order valence-corrected chi connectivity index (χ1v) is 9.63. The summed E-state index contributed by atoms with van der Waals surface area (Å²) in [4.78, 5) is 6.65. The molecule has 0 bridgehead atoms. The van der Waals surface area contributed by atoms with Gasteiger partial charge in [-0.2, -0.15) is 0 Å². The molecule has 25 heavy (non-hydrogen) atoms. The smallest absolute Gasteiger partial charge is 0.193 e. The molecule has 7 heteroatoms. The van der Waals surface area contributed by atoms with Crippen LogP contribution in [0.25, 0.3) is 0 Å². The van der Waals surface area contributed by atoms with Crippen molar-refractivity contribution in [3.63, 3.8) is 0 Å². The summed E-state index contributed by atoms with van der Waals surface area (Å²) in [5.41, 5.74) is 0. The third-order valence-electron chi connectivity index (χ3n) is 4.45. The first kappa shape index (κ1) is 18.5. The molecule has 0 saturated carbocycles. The van der Waals surface area contributed by atoms with Crippen LogP contribution in [-0.2, 0) is 9.47 Å². The van der Waals surface area contributed by atoms with Crippen molar-refractivity contribution in [3.05, 3.63) is 28.7 Å². The average Bonchev–Trinajstić information content (AvgIpc) is 3.18. The Bertz CT molecular complexity index is 561. The number of hydrogen-bond donors (Lipinski definition) is 1. The van der Waals surface area contributed by atoms with Crippen molar-refractivity contribution in [1.82, 2.24) is 10.2 Å². The predicted octanol–water partition coefficient (Wildman–Crippen LogP) is 2.28. The molecular weight excluding hydrogens is 386 g/mol. The van der Waals surface area contributed by atoms with Crippen LogP contribution in [0.5, 0.6) is 5.75 Å². The van der Waals surface area contributed by atoms with Gasteiger partial charge in [0.25, 0.3) is 0 Å². The second kappa shape index (κ2) is 9.40. The molecule has 2 heterocycles. The van der Waals surface area contributed by atoms with Crippen molar-refractivity contribution in [2.45, 2.75) is 25.0 Å². The lowest BCUT2D eigenvalue weighted by atomic mass is 10.1. The number of hydrogen-bond acceptors (Lipinski definition) is 4. The molecule has 138 valence electrons. The van der Waals surface area contributed by atoms with Gasteiger partial charge in [0.2, 0.25) is 0 Å². The van der Waals surface area contributed by atoms with Crippen LogP contribution in [0, 0.1) is 0 Å². The summed E-state index contributed by atoms with van der Waals surface area (Å²) in [6.07, 6.45) is 2.58. The fourth-order valence-corrected chi connectivity index (χ4v) is 3.45. The first-order chi connectivity index (χ1) is 12.3. The number of nitrogens with one attached hydrogen (secondary N) is 1. The number of nitrogens with zero attached hydrogens (tertiary/aromatic N) is 2. The van der Waals surface area contributed by atoms with Crippen LogP contribution >= 0.6 is 15.9 Å². The standard InChI is InChI=1S/C18H26BrN3O3/c1-20-18(21-8-11-23-15-6-4-14(19)5-7-15)22-9-12-25-17(13-22)16-3-2-10-24-16/h4-7,16-17H,2-3,8-13H2,1H3,(H,20,21). The Morgan fingerprint density at radius 3 is 2.80 bits per heavy atom. The third-order valence-corrected chi connectivity index (χ3v) is 4.98. The summed E-state index contributed by atoms with van der Waals surface area (Å²) in [6.45, 7) is 4.50. The summed E-state index contributed by atoms with van der Waals surface area (Å²) in [5, 5.41) is 3.38. The topological polar surface area (TPSA) is 55.3 Å². The van der Waals surface area contributed by atoms with Crippen molar-refractivity contribution in [2.75, 3.05) is 46.5 Å². The molecule has 2 aliphatic rings. The van der Waals surface area contributed by atoms with E-state index in [4.69, 9.17) is 14.2 Å². The van der Waals surface area contributed by atoms with Gasteiger partial charge in [-0.3, -0.25) is 4.99 Å². The van der Waals surface area contributed by atoms with E-state index < -0.39 is 0 Å². The molecule has 0 spiro atoms. The van der Waals surface area contributed by atoms with E-state index in [1.165, 1.54) is 0 Å². The number of aliphatic imine (C=N–C) groups is 1. The molecule has 0 radical (unpaired) electrons. The minimum Gasteiger partial charge on any atom is -0.492 e. The lowest BCUT2D eigenvalue weighted by molar-refractivity contribution is -0.0817. The number of guanidine groups is 1. The number of benzene rings is 1. The average molecular weight is 412 g/mol. The zero-order valence-electron chi connectivity index (χ0n) is 14.6. The SMILES string of the molecule is CN=C(NCCOc1ccc(Br)cc1)N1CCOC(C2CCCO2)C1. The van der Waals surface area contributed by atoms with Gasteiger partial charge in [0.1, 0.15) is 18.5 Å². The molecule has 2 saturated heterocycles. The highest BCUT2D eigenvalue weighted by Crippen LogP contribution is 2.21. The van der Waals surface area contributed by atoms with Crippen molar-refractivity contribution < 1.29 is 14.2 Å². The maximum atomic E-state index is 5.90. The van der Waals surface area contributed by atoms with Gasteiger partial charge in [0.05, 0.1) is 19.3 Å². The summed E-state index contributed by atoms with van der Waals surface area (Å²) in [5.74, 6) is 1.76. The Balaban J connectivity index is 1.43. The van der Waals surface area contributed by atoms with Gasteiger partial charge in [-0.25, -0.2) is 0 Å². The molecule has 0 amide bonds. The van der Waals surface area contributed by atoms with Crippen LogP contribution in [0.15, 0.2) is 33.7 Å². The highest BCUT2D eigenvalue weighted by atomic mass is 79.9. The van der Waals surface area contributed by atoms with Crippen molar-refractivity contribution in [1.29, 1.82) is 0 Å². The van der Waals surface area contributed by atoms with E-state index in [9.17, 15) is 0 Å². The highest BCUT2D eigenvalue weighted by Gasteiger charge is 2.32. The molecule has 2 aliphatic heterocycles. The summed E-state index contributed by atoms with van der Waals surface area (Å²) in [7, 11) is 1.81. The Hall–Kier alpha value is -1.31. The van der Waals surface area contributed by atoms with E-state index in [0.717, 1.165) is 48.7 Å². The van der Waals surface area contributed by atoms with E-state index >= 15 is 0 Å². The van der Waals surface area contributed by atoms with E-state index in [1.807, 2.05) is 31.3 Å². The Kier molecular flexibility index (Phi) is 6.95. The van der Waals surface area contributed by atoms with E-state index in [2.05, 4.69) is 31.1 Å². The fraction of sp³-hybridized carbons (Fsp3) is 0.611. The Morgan fingerprint density at radius 1 is 1.28 bits per heavy atom. The van der Waals surface area contributed by atoms with Crippen LogP contribution in [0.4, 0.5) is 0 Å². The van der Waals surface area contributed by atoms with Crippen LogP contribution < -0.4 is 10.1 Å². The number of halogens is 1. The monoisotopic (exact) mass is 411 g/mol. The van der Waals surface area contributed by atoms with Gasteiger partial charge in [0.15, 0.2) is 5.96 Å². The van der Waals surface area contributed by atoms with Crippen molar-refractivity contribution in [2.24, 2.45) is 4.99 Å². The largest absolute Gasteiger partial charge is 0.492 e. The fourth-order valence-electron chi connectivity index (χ4n) is 3.18. The molecule has 2 fully saturated rings. The normalized spacial score (nSPS) is 24.4. The van der Waals surface area contributed by atoms with Gasteiger partial charge in [-0.05, 0) is 37.1 Å². The van der Waals surface area contributed by atoms with Gasteiger partial charge in [-0.1, -0.05) is 15.9 Å². The van der Waals surface area contributed by atoms with E-state index in [1.54, 1.807) is 0 Å². The lowest BCUT2D eigenvalue weighted by Crippen LogP contribution is -2.53. The molecule has 3 rings (SSSR count). The lowest BCUT2D eigenvalue weighted by Gasteiger charge is -2.37. The van der Waals surface area contributed by atoms with Crippen LogP contribution in [-0.4, -0.2) is 69.6 Å². The van der Waals surface area contributed by atoms with Crippen LogP contribution in [0.3, 0.4) is 0 Å². The van der Waals surface area contributed by atoms with Gasteiger partial charge < -0.3 is 24.4 Å². The molecule has 2 atom stereocenters. The Morgan fingerprint density at radius 2 is 2.08 bits per heavy atom. The van der Waals surface area contributed by atoms with Gasteiger partial charge >= 0.3 is 0 Å². The predicted molar refractivity (Wildman–Crippen MR) is 101 cm³/mol. The molecule has 2 unspecified atom stereocenters. The zero-order chi connectivity index (χ0) is 17.5.